The number of methoxy groups -OCH3 is 1. The van der Waals surface area contributed by atoms with E-state index in [0.29, 0.717) is 13.1 Å². The number of hydrogen-bond acceptors (Lipinski definition) is 5. The Hall–Kier alpha value is -2.34. The van der Waals surface area contributed by atoms with Crippen LogP contribution in [0, 0.1) is 13.8 Å². The Morgan fingerprint density at radius 2 is 1.93 bits per heavy atom. The molecule has 0 N–H and O–H groups in total. The lowest BCUT2D eigenvalue weighted by atomic mass is 10.0. The number of hydrogen-bond donors (Lipinski definition) is 0. The van der Waals surface area contributed by atoms with Crippen LogP contribution in [0.2, 0.25) is 0 Å². The fourth-order valence-electron chi connectivity index (χ4n) is 3.56. The Morgan fingerprint density at radius 1 is 1.21 bits per heavy atom. The summed E-state index contributed by atoms with van der Waals surface area (Å²) in [6, 6.07) is 8.07. The Balaban J connectivity index is 1.84. The van der Waals surface area contributed by atoms with Crippen LogP contribution in [0.4, 0.5) is 5.82 Å². The molecule has 28 heavy (non-hydrogen) atoms. The molecule has 0 bridgehead atoms. The first-order chi connectivity index (χ1) is 13.4. The van der Waals surface area contributed by atoms with Gasteiger partial charge in [-0.25, -0.2) is 9.97 Å². The summed E-state index contributed by atoms with van der Waals surface area (Å²) < 4.78 is 5.35. The summed E-state index contributed by atoms with van der Waals surface area (Å²) in [5.41, 5.74) is 3.25. The van der Waals surface area contributed by atoms with E-state index in [9.17, 15) is 4.79 Å². The van der Waals surface area contributed by atoms with Crippen molar-refractivity contribution in [2.24, 2.45) is 0 Å². The second kappa shape index (κ2) is 8.78. The van der Waals surface area contributed by atoms with Crippen molar-refractivity contribution in [3.63, 3.8) is 0 Å². The molecule has 0 saturated carbocycles. The summed E-state index contributed by atoms with van der Waals surface area (Å²) in [5.74, 6) is 2.55. The molecule has 0 radical (unpaired) electrons. The van der Waals surface area contributed by atoms with E-state index in [-0.39, 0.29) is 5.91 Å². The van der Waals surface area contributed by atoms with Gasteiger partial charge in [0.15, 0.2) is 0 Å². The smallest absolute Gasteiger partial charge is 0.240 e. The van der Waals surface area contributed by atoms with Gasteiger partial charge in [-0.1, -0.05) is 12.1 Å². The van der Waals surface area contributed by atoms with Crippen molar-refractivity contribution in [3.05, 3.63) is 46.9 Å². The zero-order chi connectivity index (χ0) is 20.3. The highest BCUT2D eigenvalue weighted by Gasteiger charge is 2.26. The number of benzene rings is 1. The topological polar surface area (TPSA) is 58.6 Å². The fourth-order valence-corrected chi connectivity index (χ4v) is 3.70. The van der Waals surface area contributed by atoms with Gasteiger partial charge in [-0.05, 0) is 38.5 Å². The van der Waals surface area contributed by atoms with E-state index < -0.39 is 5.38 Å². The highest BCUT2D eigenvalue weighted by Crippen LogP contribution is 2.26. The van der Waals surface area contributed by atoms with Gasteiger partial charge in [-0.15, -0.1) is 11.6 Å². The first-order valence-corrected chi connectivity index (χ1v) is 9.97. The average Bonchev–Trinajstić information content (AvgIpc) is 2.69. The molecule has 2 heterocycles. The van der Waals surface area contributed by atoms with E-state index >= 15 is 0 Å². The van der Waals surface area contributed by atoms with Gasteiger partial charge in [0.1, 0.15) is 22.8 Å². The lowest BCUT2D eigenvalue weighted by molar-refractivity contribution is -0.130. The minimum absolute atomic E-state index is 0.00651. The Kier molecular flexibility index (Phi) is 6.39. The standard InChI is InChI=1S/C21H27ClN4O2/c1-14(22)21(27)26-10-8-25(9-11-26)20-19(15(2)23-16(3)24-20)13-17-6-5-7-18(12-17)28-4/h5-7,12,14H,8-11,13H2,1-4H3/t14-/m0/s1. The number of aryl methyl sites for hydroxylation is 2. The Labute approximate surface area is 171 Å². The van der Waals surface area contributed by atoms with Crippen LogP contribution in [0.25, 0.3) is 0 Å². The number of anilines is 1. The molecule has 1 aliphatic heterocycles. The van der Waals surface area contributed by atoms with Crippen LogP contribution < -0.4 is 9.64 Å². The van der Waals surface area contributed by atoms with Gasteiger partial charge in [0.25, 0.3) is 0 Å². The number of nitrogens with zero attached hydrogens (tertiary/aromatic N) is 4. The van der Waals surface area contributed by atoms with Gasteiger partial charge >= 0.3 is 0 Å². The molecular formula is C21H27ClN4O2. The summed E-state index contributed by atoms with van der Waals surface area (Å²) >= 11 is 5.96. The van der Waals surface area contributed by atoms with Crippen LogP contribution in [-0.2, 0) is 11.2 Å². The number of rotatable bonds is 5. The van der Waals surface area contributed by atoms with Crippen LogP contribution in [0.3, 0.4) is 0 Å². The quantitative estimate of drug-likeness (QED) is 0.719. The first kappa shape index (κ1) is 20.4. The van der Waals surface area contributed by atoms with Gasteiger partial charge in [0.05, 0.1) is 7.11 Å². The van der Waals surface area contributed by atoms with Crippen molar-refractivity contribution in [1.29, 1.82) is 0 Å². The SMILES string of the molecule is COc1cccc(Cc2c(C)nc(C)nc2N2CCN(C(=O)[C@H](C)Cl)CC2)c1. The normalized spacial score (nSPS) is 15.5. The van der Waals surface area contributed by atoms with Crippen LogP contribution in [0.15, 0.2) is 24.3 Å². The molecule has 1 fully saturated rings. The van der Waals surface area contributed by atoms with Crippen LogP contribution >= 0.6 is 11.6 Å². The number of ether oxygens (including phenoxy) is 1. The monoisotopic (exact) mass is 402 g/mol. The molecule has 150 valence electrons. The van der Waals surface area contributed by atoms with Crippen molar-refractivity contribution in [2.45, 2.75) is 32.6 Å². The molecule has 1 aromatic heterocycles. The van der Waals surface area contributed by atoms with Gasteiger partial charge in [-0.3, -0.25) is 4.79 Å². The van der Waals surface area contributed by atoms with E-state index in [1.54, 1.807) is 14.0 Å². The van der Waals surface area contributed by atoms with E-state index in [0.717, 1.165) is 53.7 Å². The van der Waals surface area contributed by atoms with Crippen molar-refractivity contribution >= 4 is 23.3 Å². The predicted octanol–water partition coefficient (Wildman–Crippen LogP) is 2.97. The van der Waals surface area contributed by atoms with E-state index in [4.69, 9.17) is 21.3 Å². The minimum Gasteiger partial charge on any atom is -0.497 e. The third-order valence-electron chi connectivity index (χ3n) is 5.05. The van der Waals surface area contributed by atoms with Gasteiger partial charge < -0.3 is 14.5 Å². The molecular weight excluding hydrogens is 376 g/mol. The Bertz CT molecular complexity index is 848. The maximum Gasteiger partial charge on any atom is 0.240 e. The molecule has 1 aromatic carbocycles. The minimum atomic E-state index is -0.487. The largest absolute Gasteiger partial charge is 0.497 e. The second-order valence-corrected chi connectivity index (χ2v) is 7.77. The number of alkyl halides is 1. The number of halogens is 1. The van der Waals surface area contributed by atoms with Crippen molar-refractivity contribution in [2.75, 3.05) is 38.2 Å². The first-order valence-electron chi connectivity index (χ1n) is 9.54. The molecule has 2 aromatic rings. The van der Waals surface area contributed by atoms with Crippen molar-refractivity contribution < 1.29 is 9.53 Å². The number of aromatic nitrogens is 2. The number of amides is 1. The summed E-state index contributed by atoms with van der Waals surface area (Å²) in [7, 11) is 1.67. The molecule has 0 unspecified atom stereocenters. The van der Waals surface area contributed by atoms with Crippen LogP contribution in [0.1, 0.15) is 29.6 Å². The maximum absolute atomic E-state index is 12.2. The number of piperazine rings is 1. The van der Waals surface area contributed by atoms with Crippen molar-refractivity contribution in [1.82, 2.24) is 14.9 Å². The number of carbonyl (C=O) groups excluding carboxylic acids is 1. The molecule has 1 saturated heterocycles. The number of carbonyl (C=O) groups is 1. The summed E-state index contributed by atoms with van der Waals surface area (Å²) in [6.07, 6.45) is 0.733. The lowest BCUT2D eigenvalue weighted by Crippen LogP contribution is -2.51. The third kappa shape index (κ3) is 4.55. The molecule has 1 amide bonds. The van der Waals surface area contributed by atoms with Gasteiger partial charge in [-0.2, -0.15) is 0 Å². The van der Waals surface area contributed by atoms with E-state index in [1.807, 2.05) is 36.9 Å². The van der Waals surface area contributed by atoms with E-state index in [2.05, 4.69) is 16.0 Å². The fraction of sp³-hybridized carbons (Fsp3) is 0.476. The van der Waals surface area contributed by atoms with E-state index in [1.165, 1.54) is 0 Å². The van der Waals surface area contributed by atoms with Crippen LogP contribution in [-0.4, -0.2) is 59.4 Å². The summed E-state index contributed by atoms with van der Waals surface area (Å²) in [5, 5.41) is -0.487. The van der Waals surface area contributed by atoms with Gasteiger partial charge in [0.2, 0.25) is 5.91 Å². The molecule has 1 atom stereocenters. The maximum atomic E-state index is 12.2. The lowest BCUT2D eigenvalue weighted by Gasteiger charge is -2.37. The van der Waals surface area contributed by atoms with Gasteiger partial charge in [0, 0.05) is 43.9 Å². The zero-order valence-corrected chi connectivity index (χ0v) is 17.7. The summed E-state index contributed by atoms with van der Waals surface area (Å²) in [4.78, 5) is 25.6. The zero-order valence-electron chi connectivity index (χ0n) is 16.9. The highest BCUT2D eigenvalue weighted by atomic mass is 35.5. The molecule has 1 aliphatic rings. The van der Waals surface area contributed by atoms with Crippen LogP contribution in [0.5, 0.6) is 5.75 Å². The third-order valence-corrected chi connectivity index (χ3v) is 5.24. The molecule has 0 aliphatic carbocycles. The highest BCUT2D eigenvalue weighted by molar-refractivity contribution is 6.30. The Morgan fingerprint density at radius 3 is 2.57 bits per heavy atom. The summed E-state index contributed by atoms with van der Waals surface area (Å²) in [6.45, 7) is 8.43. The average molecular weight is 403 g/mol. The molecule has 3 rings (SSSR count). The molecule has 7 heteroatoms. The molecule has 6 nitrogen and oxygen atoms in total. The van der Waals surface area contributed by atoms with Crippen molar-refractivity contribution in [3.8, 4) is 5.75 Å². The molecule has 0 spiro atoms. The second-order valence-electron chi connectivity index (χ2n) is 7.12. The predicted molar refractivity (Wildman–Crippen MR) is 111 cm³/mol.